The highest BCUT2D eigenvalue weighted by Gasteiger charge is 2.46. The van der Waals surface area contributed by atoms with E-state index in [1.165, 1.54) is 0 Å². The van der Waals surface area contributed by atoms with E-state index in [-0.39, 0.29) is 34.4 Å². The minimum Gasteiger partial charge on any atom is -0.404 e. The Hall–Kier alpha value is -0.910. The standard InChI is InChI=1S/C24H41N2O4P/c1-21(2)14-19(15-22(3,4)25-21)29-31(27,28-18-12-10-9-11-13-18)30-20-16-23(5,6)26-24(7,8)17-20/h9-13,19-20,25-26H,14-17H2,1-8H3. The van der Waals surface area contributed by atoms with Crippen LogP contribution < -0.4 is 15.2 Å². The van der Waals surface area contributed by atoms with Gasteiger partial charge in [0.25, 0.3) is 0 Å². The van der Waals surface area contributed by atoms with Gasteiger partial charge in [-0.25, -0.2) is 4.57 Å². The minimum atomic E-state index is -3.86. The second-order valence-electron chi connectivity index (χ2n) is 11.9. The van der Waals surface area contributed by atoms with Crippen molar-refractivity contribution in [3.8, 4) is 5.75 Å². The summed E-state index contributed by atoms with van der Waals surface area (Å²) in [6.07, 6.45) is 2.44. The van der Waals surface area contributed by atoms with E-state index in [2.05, 4.69) is 66.0 Å². The minimum absolute atomic E-state index is 0.136. The molecule has 0 amide bonds. The molecule has 0 bridgehead atoms. The van der Waals surface area contributed by atoms with Crippen molar-refractivity contribution in [1.82, 2.24) is 10.6 Å². The molecule has 31 heavy (non-hydrogen) atoms. The summed E-state index contributed by atoms with van der Waals surface area (Å²) in [7, 11) is -3.86. The molecule has 7 heteroatoms. The average molecular weight is 453 g/mol. The number of benzene rings is 1. The van der Waals surface area contributed by atoms with Crippen LogP contribution in [0.25, 0.3) is 0 Å². The molecule has 2 aliphatic rings. The molecule has 0 aromatic heterocycles. The number of hydrogen-bond acceptors (Lipinski definition) is 6. The third-order valence-corrected chi connectivity index (χ3v) is 7.37. The number of piperidine rings is 2. The quantitative estimate of drug-likeness (QED) is 0.530. The van der Waals surface area contributed by atoms with E-state index in [4.69, 9.17) is 13.6 Å². The first-order valence-corrected chi connectivity index (χ1v) is 12.8. The van der Waals surface area contributed by atoms with Gasteiger partial charge in [-0.05, 0) is 93.2 Å². The summed E-state index contributed by atoms with van der Waals surface area (Å²) in [4.78, 5) is 0. The van der Waals surface area contributed by atoms with Crippen LogP contribution in [0.3, 0.4) is 0 Å². The van der Waals surface area contributed by atoms with Gasteiger partial charge in [0, 0.05) is 22.2 Å². The van der Waals surface area contributed by atoms with Gasteiger partial charge in [-0.15, -0.1) is 0 Å². The highest BCUT2D eigenvalue weighted by atomic mass is 31.2. The van der Waals surface area contributed by atoms with Crippen LogP contribution in [-0.4, -0.2) is 34.4 Å². The Morgan fingerprint density at radius 2 is 1.06 bits per heavy atom. The lowest BCUT2D eigenvalue weighted by Gasteiger charge is -2.47. The molecule has 0 unspecified atom stereocenters. The third kappa shape index (κ3) is 7.30. The fourth-order valence-corrected chi connectivity index (χ4v) is 7.19. The maximum atomic E-state index is 14.1. The lowest BCUT2D eigenvalue weighted by atomic mass is 9.81. The van der Waals surface area contributed by atoms with Gasteiger partial charge in [0.15, 0.2) is 0 Å². The number of rotatable bonds is 6. The Morgan fingerprint density at radius 1 is 0.710 bits per heavy atom. The summed E-state index contributed by atoms with van der Waals surface area (Å²) in [6.45, 7) is 17.2. The van der Waals surface area contributed by atoms with Gasteiger partial charge < -0.3 is 15.2 Å². The number of para-hydroxylation sites is 1. The zero-order chi connectivity index (χ0) is 23.1. The van der Waals surface area contributed by atoms with Gasteiger partial charge in [0.2, 0.25) is 0 Å². The molecule has 176 valence electrons. The molecule has 2 heterocycles. The van der Waals surface area contributed by atoms with E-state index in [0.29, 0.717) is 5.75 Å². The molecule has 2 aliphatic heterocycles. The summed E-state index contributed by atoms with van der Waals surface area (Å²) in [5.41, 5.74) is -0.545. The Labute approximate surface area is 188 Å². The molecule has 2 fully saturated rings. The molecule has 0 saturated carbocycles. The van der Waals surface area contributed by atoms with Crippen LogP contribution in [0, 0.1) is 0 Å². The van der Waals surface area contributed by atoms with Crippen LogP contribution in [0.4, 0.5) is 0 Å². The first-order chi connectivity index (χ1) is 14.1. The topological polar surface area (TPSA) is 68.8 Å². The summed E-state index contributed by atoms with van der Waals surface area (Å²) < 4.78 is 32.5. The molecular formula is C24H41N2O4P. The largest absolute Gasteiger partial charge is 0.530 e. The maximum Gasteiger partial charge on any atom is 0.530 e. The van der Waals surface area contributed by atoms with E-state index < -0.39 is 7.82 Å². The highest BCUT2D eigenvalue weighted by molar-refractivity contribution is 7.49. The van der Waals surface area contributed by atoms with E-state index >= 15 is 0 Å². The van der Waals surface area contributed by atoms with Crippen LogP contribution in [-0.2, 0) is 13.6 Å². The lowest BCUT2D eigenvalue weighted by Crippen LogP contribution is -2.60. The van der Waals surface area contributed by atoms with Crippen molar-refractivity contribution in [2.24, 2.45) is 0 Å². The maximum absolute atomic E-state index is 14.1. The summed E-state index contributed by atoms with van der Waals surface area (Å²) in [5.74, 6) is 0.491. The Morgan fingerprint density at radius 3 is 1.42 bits per heavy atom. The third-order valence-electron chi connectivity index (χ3n) is 5.82. The van der Waals surface area contributed by atoms with Crippen molar-refractivity contribution in [2.45, 2.75) is 115 Å². The van der Waals surface area contributed by atoms with Gasteiger partial charge in [0.1, 0.15) is 5.75 Å². The van der Waals surface area contributed by atoms with Gasteiger partial charge in [0.05, 0.1) is 12.2 Å². The van der Waals surface area contributed by atoms with E-state index in [1.54, 1.807) is 12.1 Å². The van der Waals surface area contributed by atoms with Crippen LogP contribution in [0.2, 0.25) is 0 Å². The smallest absolute Gasteiger partial charge is 0.404 e. The molecule has 0 aliphatic carbocycles. The molecule has 0 atom stereocenters. The SMILES string of the molecule is CC1(C)CC(OP(=O)(Oc2ccccc2)OC2CC(C)(C)NC(C)(C)C2)CC(C)(C)N1. The molecule has 0 radical (unpaired) electrons. The number of phosphoric ester groups is 1. The lowest BCUT2D eigenvalue weighted by molar-refractivity contribution is -0.00346. The van der Waals surface area contributed by atoms with Crippen molar-refractivity contribution >= 4 is 7.82 Å². The average Bonchev–Trinajstić information content (AvgIpc) is 2.48. The summed E-state index contributed by atoms with van der Waals surface area (Å²) in [6, 6.07) is 9.17. The monoisotopic (exact) mass is 452 g/mol. The molecule has 0 spiro atoms. The Bertz CT molecular complexity index is 731. The highest BCUT2D eigenvalue weighted by Crippen LogP contribution is 2.55. The molecule has 2 saturated heterocycles. The fourth-order valence-electron chi connectivity index (χ4n) is 5.65. The van der Waals surface area contributed by atoms with Crippen LogP contribution in [0.1, 0.15) is 81.1 Å². The molecule has 6 nitrogen and oxygen atoms in total. The Balaban J connectivity index is 1.84. The predicted octanol–water partition coefficient (Wildman–Crippen LogP) is 5.83. The van der Waals surface area contributed by atoms with Crippen molar-refractivity contribution in [3.05, 3.63) is 30.3 Å². The van der Waals surface area contributed by atoms with Crippen molar-refractivity contribution in [3.63, 3.8) is 0 Å². The normalized spacial score (nSPS) is 25.8. The first-order valence-electron chi connectivity index (χ1n) is 11.4. The van der Waals surface area contributed by atoms with Gasteiger partial charge in [-0.3, -0.25) is 9.05 Å². The number of hydrogen-bond donors (Lipinski definition) is 2. The first kappa shape index (κ1) is 24.7. The summed E-state index contributed by atoms with van der Waals surface area (Å²) in [5, 5.41) is 7.28. The van der Waals surface area contributed by atoms with E-state index in [1.807, 2.05) is 18.2 Å². The second kappa shape index (κ2) is 8.46. The molecule has 2 N–H and O–H groups in total. The molecular weight excluding hydrogens is 411 g/mol. The molecule has 1 aromatic carbocycles. The number of nitrogens with one attached hydrogen (secondary N) is 2. The van der Waals surface area contributed by atoms with Crippen molar-refractivity contribution in [1.29, 1.82) is 0 Å². The van der Waals surface area contributed by atoms with Crippen molar-refractivity contribution < 1.29 is 18.1 Å². The van der Waals surface area contributed by atoms with E-state index in [9.17, 15) is 4.57 Å². The number of phosphoric acid groups is 1. The van der Waals surface area contributed by atoms with Crippen LogP contribution >= 0.6 is 7.82 Å². The zero-order valence-electron chi connectivity index (χ0n) is 20.5. The summed E-state index contributed by atoms with van der Waals surface area (Å²) >= 11 is 0. The fraction of sp³-hybridized carbons (Fsp3) is 0.750. The van der Waals surface area contributed by atoms with Gasteiger partial charge >= 0.3 is 7.82 Å². The molecule has 1 aromatic rings. The predicted molar refractivity (Wildman–Crippen MR) is 125 cm³/mol. The molecule has 3 rings (SSSR count). The van der Waals surface area contributed by atoms with Crippen LogP contribution in [0.15, 0.2) is 30.3 Å². The van der Waals surface area contributed by atoms with Crippen LogP contribution in [0.5, 0.6) is 5.75 Å². The van der Waals surface area contributed by atoms with Gasteiger partial charge in [-0.1, -0.05) is 18.2 Å². The Kier molecular flexibility index (Phi) is 6.75. The van der Waals surface area contributed by atoms with Crippen molar-refractivity contribution in [2.75, 3.05) is 0 Å². The second-order valence-corrected chi connectivity index (χ2v) is 13.4. The zero-order valence-corrected chi connectivity index (χ0v) is 21.3. The van der Waals surface area contributed by atoms with Gasteiger partial charge in [-0.2, -0.15) is 0 Å². The van der Waals surface area contributed by atoms with E-state index in [0.717, 1.165) is 25.7 Å².